The average molecular weight is 658 g/mol. The average Bonchev–Trinajstić information content (AvgIpc) is 3.84. The van der Waals surface area contributed by atoms with Crippen LogP contribution in [0.1, 0.15) is 26.3 Å². The van der Waals surface area contributed by atoms with Crippen molar-refractivity contribution in [2.24, 2.45) is 0 Å². The Labute approximate surface area is 295 Å². The highest BCUT2D eigenvalue weighted by atomic mass is 16.3. The van der Waals surface area contributed by atoms with Crippen LogP contribution in [0.2, 0.25) is 0 Å². The number of fused-ring (bicyclic) bond motifs is 7. The van der Waals surface area contributed by atoms with Crippen LogP contribution < -0.4 is 0 Å². The van der Waals surface area contributed by atoms with E-state index in [-0.39, 0.29) is 5.41 Å². The molecule has 0 aliphatic carbocycles. The third-order valence-electron chi connectivity index (χ3n) is 10.3. The summed E-state index contributed by atoms with van der Waals surface area (Å²) in [7, 11) is 0. The predicted octanol–water partition coefficient (Wildman–Crippen LogP) is 12.7. The van der Waals surface area contributed by atoms with Crippen LogP contribution in [0.4, 0.5) is 0 Å². The van der Waals surface area contributed by atoms with Crippen molar-refractivity contribution in [1.29, 1.82) is 0 Å². The molecule has 4 nitrogen and oxygen atoms in total. The summed E-state index contributed by atoms with van der Waals surface area (Å²) in [5.74, 6) is 0.931. The van der Waals surface area contributed by atoms with Gasteiger partial charge >= 0.3 is 0 Å². The number of hydrogen-bond donors (Lipinski definition) is 0. The van der Waals surface area contributed by atoms with Crippen molar-refractivity contribution in [2.75, 3.05) is 0 Å². The minimum Gasteiger partial charge on any atom is -0.455 e. The molecule has 0 fully saturated rings. The number of imidazole rings is 1. The van der Waals surface area contributed by atoms with E-state index in [9.17, 15) is 0 Å². The lowest BCUT2D eigenvalue weighted by Gasteiger charge is -2.18. The topological polar surface area (TPSA) is 35.9 Å². The zero-order valence-corrected chi connectivity index (χ0v) is 28.8. The van der Waals surface area contributed by atoms with Gasteiger partial charge in [-0.05, 0) is 89.3 Å². The Balaban J connectivity index is 1.11. The molecular weight excluding hydrogens is 623 g/mol. The van der Waals surface area contributed by atoms with Gasteiger partial charge in [0.1, 0.15) is 17.0 Å². The third-order valence-corrected chi connectivity index (χ3v) is 10.3. The number of para-hydroxylation sites is 4. The molecule has 0 aliphatic rings. The molecule has 0 saturated carbocycles. The van der Waals surface area contributed by atoms with Crippen molar-refractivity contribution in [1.82, 2.24) is 14.1 Å². The number of nitrogens with zero attached hydrogens (tertiary/aromatic N) is 3. The van der Waals surface area contributed by atoms with Gasteiger partial charge in [0.25, 0.3) is 0 Å². The summed E-state index contributed by atoms with van der Waals surface area (Å²) in [4.78, 5) is 5.25. The first-order chi connectivity index (χ1) is 24.9. The van der Waals surface area contributed by atoms with Gasteiger partial charge in [-0.3, -0.25) is 4.57 Å². The van der Waals surface area contributed by atoms with E-state index in [2.05, 4.69) is 175 Å². The molecule has 3 aromatic heterocycles. The summed E-state index contributed by atoms with van der Waals surface area (Å²) in [5.41, 5.74) is 13.1. The number of furan rings is 1. The smallest absolute Gasteiger partial charge is 0.145 e. The highest BCUT2D eigenvalue weighted by Gasteiger charge is 2.20. The van der Waals surface area contributed by atoms with Crippen LogP contribution in [0.25, 0.3) is 88.7 Å². The van der Waals surface area contributed by atoms with E-state index in [0.29, 0.717) is 0 Å². The molecule has 0 saturated heterocycles. The molecule has 0 radical (unpaired) electrons. The molecule has 4 heteroatoms. The largest absolute Gasteiger partial charge is 0.455 e. The Bertz CT molecular complexity index is 2930. The van der Waals surface area contributed by atoms with Crippen LogP contribution in [0, 0.1) is 0 Å². The molecule has 0 amide bonds. The fourth-order valence-corrected chi connectivity index (χ4v) is 7.73. The summed E-state index contributed by atoms with van der Waals surface area (Å²) in [6.45, 7) is 6.75. The van der Waals surface area contributed by atoms with Crippen molar-refractivity contribution in [2.45, 2.75) is 26.2 Å². The number of rotatable bonds is 4. The van der Waals surface area contributed by atoms with Crippen molar-refractivity contribution >= 4 is 54.8 Å². The fourth-order valence-electron chi connectivity index (χ4n) is 7.73. The van der Waals surface area contributed by atoms with Crippen LogP contribution >= 0.6 is 0 Å². The minimum absolute atomic E-state index is 0.0381. The Hall–Kier alpha value is -6.39. The Morgan fingerprint density at radius 3 is 1.98 bits per heavy atom. The second-order valence-electron chi connectivity index (χ2n) is 14.5. The van der Waals surface area contributed by atoms with Gasteiger partial charge in [0.05, 0.1) is 22.1 Å². The van der Waals surface area contributed by atoms with Crippen molar-refractivity contribution in [3.05, 3.63) is 163 Å². The molecule has 0 bridgehead atoms. The number of benzene rings is 7. The first-order valence-electron chi connectivity index (χ1n) is 17.6. The highest BCUT2D eigenvalue weighted by Crippen LogP contribution is 2.40. The molecule has 51 heavy (non-hydrogen) atoms. The molecule has 10 aromatic rings. The van der Waals surface area contributed by atoms with Crippen molar-refractivity contribution in [3.63, 3.8) is 0 Å². The van der Waals surface area contributed by atoms with Crippen LogP contribution in [0.3, 0.4) is 0 Å². The van der Waals surface area contributed by atoms with E-state index < -0.39 is 0 Å². The molecule has 10 rings (SSSR count). The molecule has 0 aliphatic heterocycles. The Kier molecular flexibility index (Phi) is 6.40. The zero-order valence-electron chi connectivity index (χ0n) is 28.8. The van der Waals surface area contributed by atoms with E-state index in [1.54, 1.807) is 0 Å². The van der Waals surface area contributed by atoms with Gasteiger partial charge in [0, 0.05) is 44.0 Å². The summed E-state index contributed by atoms with van der Waals surface area (Å²) in [5, 5.41) is 4.71. The molecule has 7 aromatic carbocycles. The Morgan fingerprint density at radius 1 is 0.490 bits per heavy atom. The van der Waals surface area contributed by atoms with Crippen LogP contribution in [0.15, 0.2) is 162 Å². The molecule has 0 spiro atoms. The molecule has 0 atom stereocenters. The first-order valence-corrected chi connectivity index (χ1v) is 17.6. The van der Waals surface area contributed by atoms with E-state index in [1.807, 2.05) is 12.1 Å². The summed E-state index contributed by atoms with van der Waals surface area (Å²) >= 11 is 0. The van der Waals surface area contributed by atoms with E-state index in [4.69, 9.17) is 9.40 Å². The normalized spacial score (nSPS) is 12.2. The summed E-state index contributed by atoms with van der Waals surface area (Å²) in [6, 6.07) is 56.3. The Morgan fingerprint density at radius 2 is 1.16 bits per heavy atom. The SMILES string of the molecule is CC(C)(C)c1ccc2c(c1)nc(-c1ccc(-n3c4ccccc4c4cc(-c5cccc6c5oc5ccccc56)ccc43)cc1)n2-c1ccccc1. The standard InChI is InChI=1S/C47H35N3O/c1-47(2,3)32-23-27-43-40(29-32)48-46(50(43)33-12-5-4-6-13-33)30-20-24-34(25-21-30)49-41-18-9-7-14-36(41)39-28-31(22-26-42(39)49)35-16-11-17-38-37-15-8-10-19-44(37)51-45(35)38/h4-29H,1-3H3. The van der Waals surface area contributed by atoms with Gasteiger partial charge in [-0.2, -0.15) is 0 Å². The third kappa shape index (κ3) is 4.64. The van der Waals surface area contributed by atoms with Gasteiger partial charge in [-0.15, -0.1) is 0 Å². The van der Waals surface area contributed by atoms with Gasteiger partial charge in [0.15, 0.2) is 0 Å². The van der Waals surface area contributed by atoms with E-state index >= 15 is 0 Å². The van der Waals surface area contributed by atoms with Crippen LogP contribution in [0.5, 0.6) is 0 Å². The quantitative estimate of drug-likeness (QED) is 0.189. The van der Waals surface area contributed by atoms with Crippen LogP contribution in [-0.2, 0) is 5.41 Å². The monoisotopic (exact) mass is 657 g/mol. The maximum atomic E-state index is 6.42. The van der Waals surface area contributed by atoms with Crippen molar-refractivity contribution < 1.29 is 4.42 Å². The molecule has 3 heterocycles. The molecule has 0 N–H and O–H groups in total. The maximum Gasteiger partial charge on any atom is 0.145 e. The van der Waals surface area contributed by atoms with Gasteiger partial charge < -0.3 is 8.98 Å². The summed E-state index contributed by atoms with van der Waals surface area (Å²) < 4.78 is 11.1. The predicted molar refractivity (Wildman–Crippen MR) is 212 cm³/mol. The second-order valence-corrected chi connectivity index (χ2v) is 14.5. The number of hydrogen-bond acceptors (Lipinski definition) is 2. The highest BCUT2D eigenvalue weighted by molar-refractivity contribution is 6.13. The van der Waals surface area contributed by atoms with E-state index in [0.717, 1.165) is 72.4 Å². The number of aromatic nitrogens is 3. The maximum absolute atomic E-state index is 6.42. The first kappa shape index (κ1) is 29.5. The summed E-state index contributed by atoms with van der Waals surface area (Å²) in [6.07, 6.45) is 0. The lowest BCUT2D eigenvalue weighted by atomic mass is 9.87. The minimum atomic E-state index is 0.0381. The van der Waals surface area contributed by atoms with Gasteiger partial charge in [0.2, 0.25) is 0 Å². The fraction of sp³-hybridized carbons (Fsp3) is 0.0851. The second kappa shape index (κ2) is 11.1. The molecule has 0 unspecified atom stereocenters. The van der Waals surface area contributed by atoms with Gasteiger partial charge in [-0.1, -0.05) is 106 Å². The lowest BCUT2D eigenvalue weighted by molar-refractivity contribution is 0.591. The zero-order chi connectivity index (χ0) is 34.3. The van der Waals surface area contributed by atoms with Crippen LogP contribution in [-0.4, -0.2) is 14.1 Å². The van der Waals surface area contributed by atoms with Gasteiger partial charge in [-0.25, -0.2) is 4.98 Å². The lowest BCUT2D eigenvalue weighted by Crippen LogP contribution is -2.10. The van der Waals surface area contributed by atoms with Crippen molar-refractivity contribution in [3.8, 4) is 33.9 Å². The van der Waals surface area contributed by atoms with E-state index in [1.165, 1.54) is 21.9 Å². The molecule has 244 valence electrons. The molecular formula is C47H35N3O.